The molecule has 1 aliphatic heterocycles. The molecule has 0 aromatic heterocycles. The summed E-state index contributed by atoms with van der Waals surface area (Å²) in [5, 5.41) is 8.39. The second-order valence-electron chi connectivity index (χ2n) is 13.5. The number of hydrogen-bond donors (Lipinski definition) is 3. The van der Waals surface area contributed by atoms with Crippen LogP contribution in [0.15, 0.2) is 18.2 Å². The monoisotopic (exact) mass is 617 g/mol. The van der Waals surface area contributed by atoms with E-state index in [9.17, 15) is 19.2 Å². The van der Waals surface area contributed by atoms with Crippen molar-refractivity contribution in [3.05, 3.63) is 29.6 Å². The topological polar surface area (TPSA) is 120 Å². The summed E-state index contributed by atoms with van der Waals surface area (Å²) in [5.41, 5.74) is -1.58. The fraction of sp³-hybridized carbons (Fsp3) is 0.697. The third kappa shape index (κ3) is 9.39. The van der Waals surface area contributed by atoms with Crippen molar-refractivity contribution in [3.8, 4) is 0 Å². The molecule has 0 unspecified atom stereocenters. The minimum atomic E-state index is -1.32. The lowest BCUT2D eigenvalue weighted by Crippen LogP contribution is -2.60. The zero-order valence-electron chi connectivity index (χ0n) is 27.6. The molecule has 1 aliphatic carbocycles. The Balaban J connectivity index is 1.83. The molecule has 2 aliphatic rings. The molecule has 0 radical (unpaired) electrons. The number of anilines is 1. The van der Waals surface area contributed by atoms with Crippen LogP contribution in [-0.4, -0.2) is 84.0 Å². The lowest BCUT2D eigenvalue weighted by molar-refractivity contribution is -0.138. The van der Waals surface area contributed by atoms with E-state index < -0.39 is 40.9 Å². The molecule has 1 saturated heterocycles. The predicted octanol–water partition coefficient (Wildman–Crippen LogP) is 4.79. The number of alkyl carbamates (subject to hydrolysis) is 1. The van der Waals surface area contributed by atoms with Gasteiger partial charge in [-0.3, -0.25) is 14.4 Å². The van der Waals surface area contributed by atoms with Gasteiger partial charge in [-0.05, 0) is 71.2 Å². The maximum atomic E-state index is 15.6. The van der Waals surface area contributed by atoms with Crippen LogP contribution < -0.4 is 16.0 Å². The fourth-order valence-electron chi connectivity index (χ4n) is 5.98. The van der Waals surface area contributed by atoms with Crippen LogP contribution in [0.3, 0.4) is 0 Å². The molecular formula is C33H52FN5O5. The largest absolute Gasteiger partial charge is 0.444 e. The zero-order chi connectivity index (χ0) is 32.7. The molecule has 2 fully saturated rings. The Bertz CT molecular complexity index is 1170. The van der Waals surface area contributed by atoms with E-state index in [0.717, 1.165) is 51.6 Å². The van der Waals surface area contributed by atoms with Crippen LogP contribution >= 0.6 is 0 Å². The third-order valence-electron chi connectivity index (χ3n) is 8.89. The van der Waals surface area contributed by atoms with Crippen molar-refractivity contribution in [3.63, 3.8) is 0 Å². The molecule has 1 heterocycles. The van der Waals surface area contributed by atoms with Gasteiger partial charge < -0.3 is 30.5 Å². The van der Waals surface area contributed by atoms with Crippen LogP contribution in [0.25, 0.3) is 0 Å². The van der Waals surface area contributed by atoms with Crippen molar-refractivity contribution in [1.82, 2.24) is 20.4 Å². The van der Waals surface area contributed by atoms with E-state index in [0.29, 0.717) is 18.7 Å². The molecule has 3 rings (SSSR count). The number of rotatable bonds is 9. The average molecular weight is 618 g/mol. The van der Waals surface area contributed by atoms with Gasteiger partial charge in [0, 0.05) is 38.5 Å². The Morgan fingerprint density at radius 2 is 1.61 bits per heavy atom. The number of amides is 4. The molecule has 3 N–H and O–H groups in total. The molecule has 0 bridgehead atoms. The van der Waals surface area contributed by atoms with Gasteiger partial charge >= 0.3 is 6.09 Å². The first kappa shape index (κ1) is 35.3. The van der Waals surface area contributed by atoms with Gasteiger partial charge in [0.15, 0.2) is 0 Å². The van der Waals surface area contributed by atoms with Gasteiger partial charge in [-0.15, -0.1) is 0 Å². The van der Waals surface area contributed by atoms with Crippen LogP contribution in [0.1, 0.15) is 98.0 Å². The number of ether oxygens (including phenoxy) is 1. The Morgan fingerprint density at radius 3 is 2.16 bits per heavy atom. The second-order valence-corrected chi connectivity index (χ2v) is 13.5. The molecule has 246 valence electrons. The van der Waals surface area contributed by atoms with Crippen molar-refractivity contribution in [2.45, 2.75) is 110 Å². The third-order valence-corrected chi connectivity index (χ3v) is 8.89. The number of halogens is 1. The number of carbonyl (C=O) groups is 4. The van der Waals surface area contributed by atoms with E-state index >= 15 is 4.39 Å². The number of benzene rings is 1. The van der Waals surface area contributed by atoms with E-state index in [4.69, 9.17) is 4.74 Å². The maximum absolute atomic E-state index is 15.6. The van der Waals surface area contributed by atoms with Crippen LogP contribution in [0.5, 0.6) is 0 Å². The fourth-order valence-corrected chi connectivity index (χ4v) is 5.98. The minimum Gasteiger partial charge on any atom is -0.444 e. The molecule has 11 heteroatoms. The summed E-state index contributed by atoms with van der Waals surface area (Å²) in [6.07, 6.45) is 5.03. The number of carbonyl (C=O) groups excluding carboxylic acids is 4. The molecule has 3 atom stereocenters. The average Bonchev–Trinajstić information content (AvgIpc) is 3.25. The molecule has 0 spiro atoms. The zero-order valence-corrected chi connectivity index (χ0v) is 27.6. The first-order chi connectivity index (χ1) is 20.6. The highest BCUT2D eigenvalue weighted by Gasteiger charge is 2.44. The van der Waals surface area contributed by atoms with Gasteiger partial charge in [-0.1, -0.05) is 45.6 Å². The van der Waals surface area contributed by atoms with Gasteiger partial charge in [-0.25, -0.2) is 9.18 Å². The Labute approximate surface area is 261 Å². The molecule has 1 aromatic carbocycles. The van der Waals surface area contributed by atoms with Crippen LogP contribution in [0, 0.1) is 11.7 Å². The number of piperazine rings is 1. The van der Waals surface area contributed by atoms with Crippen LogP contribution in [0.2, 0.25) is 0 Å². The standard InChI is InChI=1S/C33H52FN5O5/c1-8-27(40)36-28(29(41)39-19-17-38(7)18-20-39)22(2)23-15-16-26(25(34)21-23)35-30(42)33(6,24-13-11-9-10-12-14-24)37-31(43)44-32(3,4)5/h15-16,21-22,24,28H,8-14,17-20H2,1-7H3,(H,35,42)(H,36,40)(H,37,43)/t22-,28+,33+/m0/s1. The van der Waals surface area contributed by atoms with E-state index in [2.05, 4.69) is 20.9 Å². The van der Waals surface area contributed by atoms with Crippen LogP contribution in [-0.2, 0) is 19.1 Å². The minimum absolute atomic E-state index is 0.0312. The lowest BCUT2D eigenvalue weighted by atomic mass is 9.79. The molecule has 1 aromatic rings. The first-order valence-corrected chi connectivity index (χ1v) is 16.0. The van der Waals surface area contributed by atoms with E-state index in [1.807, 2.05) is 7.05 Å². The Hall–Kier alpha value is -3.21. The number of likely N-dealkylation sites (N-methyl/N-ethyl adjacent to an activating group) is 1. The molecule has 1 saturated carbocycles. The Kier molecular flexibility index (Phi) is 12.2. The number of nitrogens with zero attached hydrogens (tertiary/aromatic N) is 2. The van der Waals surface area contributed by atoms with Gasteiger partial charge in [0.05, 0.1) is 5.69 Å². The Morgan fingerprint density at radius 1 is 1.00 bits per heavy atom. The highest BCUT2D eigenvalue weighted by molar-refractivity contribution is 6.00. The molecular weight excluding hydrogens is 565 g/mol. The van der Waals surface area contributed by atoms with Gasteiger partial charge in [0.2, 0.25) is 17.7 Å². The lowest BCUT2D eigenvalue weighted by Gasteiger charge is -2.37. The van der Waals surface area contributed by atoms with Gasteiger partial charge in [-0.2, -0.15) is 0 Å². The SMILES string of the molecule is CCC(=O)N[C@@H](C(=O)N1CCN(C)CC1)[C@@H](C)c1ccc(NC(=O)[C@](C)(NC(=O)OC(C)(C)C)C2CCCCCC2)c(F)c1. The predicted molar refractivity (Wildman–Crippen MR) is 169 cm³/mol. The number of hydrogen-bond acceptors (Lipinski definition) is 6. The van der Waals surface area contributed by atoms with E-state index in [-0.39, 0.29) is 29.8 Å². The highest BCUT2D eigenvalue weighted by atomic mass is 19.1. The summed E-state index contributed by atoms with van der Waals surface area (Å²) in [5.74, 6) is -2.32. The van der Waals surface area contributed by atoms with Crippen molar-refractivity contribution in [2.24, 2.45) is 5.92 Å². The van der Waals surface area contributed by atoms with Crippen LogP contribution in [0.4, 0.5) is 14.9 Å². The normalized spacial score (nSPS) is 19.6. The summed E-state index contributed by atoms with van der Waals surface area (Å²) in [6.45, 7) is 13.0. The summed E-state index contributed by atoms with van der Waals surface area (Å²) >= 11 is 0. The summed E-state index contributed by atoms with van der Waals surface area (Å²) in [4.78, 5) is 56.5. The summed E-state index contributed by atoms with van der Waals surface area (Å²) < 4.78 is 21.1. The second kappa shape index (κ2) is 15.2. The number of nitrogens with one attached hydrogen (secondary N) is 3. The first-order valence-electron chi connectivity index (χ1n) is 16.0. The van der Waals surface area contributed by atoms with E-state index in [1.54, 1.807) is 52.5 Å². The van der Waals surface area contributed by atoms with Crippen molar-refractivity contribution in [2.75, 3.05) is 38.5 Å². The van der Waals surface area contributed by atoms with E-state index in [1.165, 1.54) is 12.1 Å². The smallest absolute Gasteiger partial charge is 0.408 e. The van der Waals surface area contributed by atoms with Crippen molar-refractivity contribution >= 4 is 29.5 Å². The molecule has 4 amide bonds. The quantitative estimate of drug-likeness (QED) is 0.343. The molecule has 44 heavy (non-hydrogen) atoms. The van der Waals surface area contributed by atoms with Gasteiger partial charge in [0.25, 0.3) is 0 Å². The van der Waals surface area contributed by atoms with Crippen molar-refractivity contribution < 1.29 is 28.3 Å². The maximum Gasteiger partial charge on any atom is 0.408 e. The molecule has 10 nitrogen and oxygen atoms in total. The summed E-state index contributed by atoms with van der Waals surface area (Å²) in [6, 6.07) is 3.57. The summed E-state index contributed by atoms with van der Waals surface area (Å²) in [7, 11) is 2.00. The van der Waals surface area contributed by atoms with Crippen molar-refractivity contribution in [1.29, 1.82) is 0 Å². The highest BCUT2D eigenvalue weighted by Crippen LogP contribution is 2.34. The van der Waals surface area contributed by atoms with Gasteiger partial charge in [0.1, 0.15) is 23.0 Å².